The molecule has 1 aliphatic rings. The third-order valence-corrected chi connectivity index (χ3v) is 66.2. The van der Waals surface area contributed by atoms with Crippen LogP contribution in [0.15, 0.2) is 243 Å². The molecule has 8 aromatic carbocycles. The molecule has 0 aliphatic carbocycles. The van der Waals surface area contributed by atoms with Crippen molar-refractivity contribution < 1.29 is 9.64 Å². The number of rotatable bonds is 8. The Kier molecular flexibility index (Phi) is 10.8. The van der Waals surface area contributed by atoms with Crippen LogP contribution in [0, 0.1) is 0 Å². The predicted molar refractivity (Wildman–Crippen MR) is 240 cm³/mol. The van der Waals surface area contributed by atoms with Crippen LogP contribution in [0.1, 0.15) is 0 Å². The Morgan fingerprint density at radius 3 is 0.679 bits per heavy atom. The normalized spacial score (nSPS) is 16.9. The van der Waals surface area contributed by atoms with E-state index in [-0.39, 0.29) is 0 Å². The van der Waals surface area contributed by atoms with Crippen LogP contribution in [-0.4, -0.2) is 54.7 Å². The Morgan fingerprint density at radius 2 is 0.464 bits per heavy atom. The molecule has 0 aromatic heterocycles. The first-order valence-corrected chi connectivity index (χ1v) is 34.9. The van der Waals surface area contributed by atoms with Crippen LogP contribution in [0.2, 0.25) is 2.45 Å². The van der Waals surface area contributed by atoms with Gasteiger partial charge in [0.15, 0.2) is 0 Å². The maximum absolute atomic E-state index is 8.74. The fourth-order valence-corrected chi connectivity index (χ4v) is 89.3. The van der Waals surface area contributed by atoms with Gasteiger partial charge in [-0.1, -0.05) is 0 Å². The summed E-state index contributed by atoms with van der Waals surface area (Å²) < 4.78 is 32.0. The molecule has 0 radical (unpaired) electrons. The van der Waals surface area contributed by atoms with E-state index in [4.69, 9.17) is 9.64 Å². The summed E-state index contributed by atoms with van der Waals surface area (Å²) >= 11 is -9.14. The van der Waals surface area contributed by atoms with Gasteiger partial charge in [-0.3, -0.25) is 0 Å². The van der Waals surface area contributed by atoms with E-state index < -0.39 is 54.7 Å². The SMILES string of the molecule is c1ccc([Si]2(c3ccccc3)O[Si](c3ccccc3)(c3ccccc3)[O][Sn]([c]3ccccc3)([c]3ccccc3)[CH2][Sn]([c]3ccccc3)([c]3ccccc3)[O]2)cc1. The summed E-state index contributed by atoms with van der Waals surface area (Å²) in [5, 5.41) is 4.31. The number of hydrogen-bond acceptors (Lipinski definition) is 3. The van der Waals surface area contributed by atoms with Crippen molar-refractivity contribution in [3.8, 4) is 0 Å². The second-order valence-electron chi connectivity index (χ2n) is 14.3. The van der Waals surface area contributed by atoms with Gasteiger partial charge in [0.2, 0.25) is 0 Å². The Balaban J connectivity index is 1.50. The van der Waals surface area contributed by atoms with E-state index in [9.17, 15) is 0 Å². The van der Waals surface area contributed by atoms with Gasteiger partial charge in [-0.15, -0.1) is 0 Å². The fourth-order valence-electron chi connectivity index (χ4n) is 8.40. The van der Waals surface area contributed by atoms with Crippen molar-refractivity contribution in [1.82, 2.24) is 0 Å². The quantitative estimate of drug-likeness (QED) is 0.185. The van der Waals surface area contributed by atoms with E-state index in [1.165, 1.54) is 14.3 Å². The van der Waals surface area contributed by atoms with Gasteiger partial charge < -0.3 is 0 Å². The Labute approximate surface area is 341 Å². The molecule has 7 heteroatoms. The van der Waals surface area contributed by atoms with Crippen molar-refractivity contribution in [2.75, 3.05) is 0 Å². The van der Waals surface area contributed by atoms with Crippen molar-refractivity contribution in [1.29, 1.82) is 0 Å². The van der Waals surface area contributed by atoms with E-state index in [0.717, 1.165) is 23.2 Å². The molecule has 1 heterocycles. The molecule has 0 bridgehead atoms. The van der Waals surface area contributed by atoms with E-state index >= 15 is 0 Å². The Morgan fingerprint density at radius 1 is 0.268 bits per heavy atom. The van der Waals surface area contributed by atoms with E-state index in [2.05, 4.69) is 243 Å². The molecule has 1 fully saturated rings. The maximum atomic E-state index is 8.74. The monoisotopic (exact) mass is 974 g/mol. The Hall–Kier alpha value is -4.33. The molecule has 9 rings (SSSR count). The Bertz CT molecular complexity index is 1940. The molecule has 8 aromatic rings. The van der Waals surface area contributed by atoms with Gasteiger partial charge in [-0.25, -0.2) is 0 Å². The van der Waals surface area contributed by atoms with Crippen LogP contribution in [0.25, 0.3) is 0 Å². The second kappa shape index (κ2) is 16.3. The van der Waals surface area contributed by atoms with E-state index in [1.807, 2.05) is 0 Å². The molecule has 0 N–H and O–H groups in total. The molecular formula is C49H42O3Si2Sn2. The molecule has 56 heavy (non-hydrogen) atoms. The van der Waals surface area contributed by atoms with Gasteiger partial charge in [-0.2, -0.15) is 0 Å². The molecule has 0 saturated carbocycles. The molecular weight excluding hydrogens is 930 g/mol. The topological polar surface area (TPSA) is 27.7 Å². The molecule has 0 spiro atoms. The summed E-state index contributed by atoms with van der Waals surface area (Å²) in [6.45, 7) is 0. The van der Waals surface area contributed by atoms with Crippen LogP contribution < -0.4 is 35.1 Å². The molecule has 0 amide bonds. The minimum absolute atomic E-state index is 0.831. The molecule has 0 unspecified atom stereocenters. The summed E-state index contributed by atoms with van der Waals surface area (Å²) in [5.74, 6) is 0. The van der Waals surface area contributed by atoms with Gasteiger partial charge in [0, 0.05) is 0 Å². The van der Waals surface area contributed by atoms with Gasteiger partial charge in [-0.05, 0) is 0 Å². The van der Waals surface area contributed by atoms with Gasteiger partial charge in [0.25, 0.3) is 0 Å². The average Bonchev–Trinajstić information content (AvgIpc) is 3.29. The molecule has 1 saturated heterocycles. The van der Waals surface area contributed by atoms with Crippen molar-refractivity contribution in [3.05, 3.63) is 243 Å². The zero-order chi connectivity index (χ0) is 37.7. The molecule has 0 atom stereocenters. The van der Waals surface area contributed by atoms with Crippen LogP contribution in [0.4, 0.5) is 0 Å². The number of benzene rings is 8. The molecule has 272 valence electrons. The standard InChI is InChI=1S/C24H20O3Si2.4C6H5.CH2.2Sn/c25-28(21-13-5-1-6-14-21,22-15-7-2-8-16-22)27-29(26,23-17-9-3-10-18-23)24-19-11-4-12-20-24;4*1-2-4-6-5-3-1;;;/h1-20H;4*1-5H;1H2;;/q-2;;;;;;2*+1. The van der Waals surface area contributed by atoms with Crippen molar-refractivity contribution in [3.63, 3.8) is 0 Å². The van der Waals surface area contributed by atoms with Gasteiger partial charge >= 0.3 is 345 Å². The van der Waals surface area contributed by atoms with E-state index in [0.29, 0.717) is 0 Å². The summed E-state index contributed by atoms with van der Waals surface area (Å²) in [7, 11) is -7.44. The first-order valence-electron chi connectivity index (χ1n) is 19.2. The second-order valence-corrected chi connectivity index (χ2v) is 47.6. The predicted octanol–water partition coefficient (Wildman–Crippen LogP) is 5.62. The van der Waals surface area contributed by atoms with Gasteiger partial charge in [0.05, 0.1) is 0 Å². The van der Waals surface area contributed by atoms with Crippen LogP contribution >= 0.6 is 0 Å². The van der Waals surface area contributed by atoms with Gasteiger partial charge in [0.1, 0.15) is 0 Å². The zero-order valence-corrected chi connectivity index (χ0v) is 38.7. The first-order chi connectivity index (χ1) is 27.7. The van der Waals surface area contributed by atoms with Crippen LogP contribution in [0.3, 0.4) is 0 Å². The summed E-state index contributed by atoms with van der Waals surface area (Å²) in [6.07, 6.45) is 0. The van der Waals surface area contributed by atoms with E-state index in [1.54, 1.807) is 0 Å². The fraction of sp³-hybridized carbons (Fsp3) is 0.0204. The summed E-state index contributed by atoms with van der Waals surface area (Å²) in [6, 6.07) is 87.8. The van der Waals surface area contributed by atoms with Crippen LogP contribution in [-0.2, 0) is 9.64 Å². The van der Waals surface area contributed by atoms with Crippen molar-refractivity contribution in [2.45, 2.75) is 2.45 Å². The molecule has 3 nitrogen and oxygen atoms in total. The summed E-state index contributed by atoms with van der Waals surface area (Å²) in [4.78, 5) is 0. The van der Waals surface area contributed by atoms with Crippen molar-refractivity contribution >= 4 is 89.8 Å². The zero-order valence-electron chi connectivity index (χ0n) is 31.0. The van der Waals surface area contributed by atoms with Crippen LogP contribution in [0.5, 0.6) is 0 Å². The van der Waals surface area contributed by atoms with Crippen molar-refractivity contribution in [2.24, 2.45) is 0 Å². The third kappa shape index (κ3) is 6.79. The number of hydrogen-bond donors (Lipinski definition) is 0. The molecule has 1 aliphatic heterocycles. The first kappa shape index (κ1) is 37.3. The third-order valence-electron chi connectivity index (χ3n) is 11.0. The average molecular weight is 972 g/mol. The minimum atomic E-state index is -4.57. The summed E-state index contributed by atoms with van der Waals surface area (Å²) in [5.41, 5.74) is 0.